The highest BCUT2D eigenvalue weighted by atomic mass is 16.5. The lowest BCUT2D eigenvalue weighted by molar-refractivity contribution is 0.0974. The number of hydrogen-bond acceptors (Lipinski definition) is 6. The predicted molar refractivity (Wildman–Crippen MR) is 83.2 cm³/mol. The fourth-order valence-corrected chi connectivity index (χ4v) is 2.62. The van der Waals surface area contributed by atoms with Gasteiger partial charge in [0.2, 0.25) is 0 Å². The lowest BCUT2D eigenvalue weighted by atomic mass is 9.82. The standard InChI is InChI=1S/C17H15NO5/c1-2-23-8-18-11-7-12(19)13-14(17(11)22)16(21)10-6-4-3-5-9(10)15(13)20/h3-7,18-19,22H,2,8H2,1H3. The number of phenols is 2. The number of rotatable bonds is 4. The highest BCUT2D eigenvalue weighted by molar-refractivity contribution is 6.30. The van der Waals surface area contributed by atoms with Crippen LogP contribution in [0.2, 0.25) is 0 Å². The molecule has 118 valence electrons. The summed E-state index contributed by atoms with van der Waals surface area (Å²) >= 11 is 0. The Kier molecular flexibility index (Phi) is 3.75. The molecule has 0 aromatic heterocycles. The molecular weight excluding hydrogens is 298 g/mol. The second kappa shape index (κ2) is 5.73. The molecule has 1 aliphatic carbocycles. The maximum absolute atomic E-state index is 12.6. The number of ether oxygens (including phenoxy) is 1. The molecule has 0 atom stereocenters. The average Bonchev–Trinajstić information content (AvgIpc) is 2.55. The van der Waals surface area contributed by atoms with Crippen molar-refractivity contribution in [3.63, 3.8) is 0 Å². The van der Waals surface area contributed by atoms with Crippen molar-refractivity contribution in [2.24, 2.45) is 0 Å². The van der Waals surface area contributed by atoms with E-state index < -0.39 is 11.6 Å². The van der Waals surface area contributed by atoms with E-state index >= 15 is 0 Å². The first-order valence-corrected chi connectivity index (χ1v) is 7.15. The van der Waals surface area contributed by atoms with Crippen LogP contribution < -0.4 is 5.32 Å². The molecule has 0 aliphatic heterocycles. The number of ketones is 2. The van der Waals surface area contributed by atoms with Gasteiger partial charge in [-0.05, 0) is 6.92 Å². The second-order valence-corrected chi connectivity index (χ2v) is 5.06. The summed E-state index contributed by atoms with van der Waals surface area (Å²) in [5.74, 6) is -1.71. The van der Waals surface area contributed by atoms with Crippen molar-refractivity contribution in [2.75, 3.05) is 18.7 Å². The molecule has 6 nitrogen and oxygen atoms in total. The van der Waals surface area contributed by atoms with Crippen molar-refractivity contribution in [3.05, 3.63) is 52.6 Å². The molecule has 0 bridgehead atoms. The third-order valence-corrected chi connectivity index (χ3v) is 3.72. The quantitative estimate of drug-likeness (QED) is 0.296. The van der Waals surface area contributed by atoms with Crippen LogP contribution in [-0.4, -0.2) is 35.1 Å². The molecule has 0 saturated heterocycles. The summed E-state index contributed by atoms with van der Waals surface area (Å²) in [6, 6.07) is 7.55. The summed E-state index contributed by atoms with van der Waals surface area (Å²) in [6.07, 6.45) is 0. The molecule has 2 aromatic carbocycles. The Morgan fingerprint density at radius 1 is 1.04 bits per heavy atom. The van der Waals surface area contributed by atoms with Gasteiger partial charge in [0.25, 0.3) is 0 Å². The fraction of sp³-hybridized carbons (Fsp3) is 0.176. The van der Waals surface area contributed by atoms with Gasteiger partial charge in [0, 0.05) is 23.8 Å². The number of benzene rings is 2. The number of carbonyl (C=O) groups is 2. The van der Waals surface area contributed by atoms with E-state index in [4.69, 9.17) is 4.74 Å². The Hall–Kier alpha value is -2.86. The highest BCUT2D eigenvalue weighted by Gasteiger charge is 2.35. The van der Waals surface area contributed by atoms with E-state index in [1.807, 2.05) is 6.92 Å². The molecule has 3 rings (SSSR count). The van der Waals surface area contributed by atoms with E-state index in [0.717, 1.165) is 0 Å². The van der Waals surface area contributed by atoms with Gasteiger partial charge in [-0.15, -0.1) is 0 Å². The first-order valence-electron chi connectivity index (χ1n) is 7.15. The molecule has 0 amide bonds. The van der Waals surface area contributed by atoms with Gasteiger partial charge in [-0.1, -0.05) is 24.3 Å². The van der Waals surface area contributed by atoms with Crippen LogP contribution in [0.4, 0.5) is 5.69 Å². The predicted octanol–water partition coefficient (Wildman–Crippen LogP) is 2.28. The summed E-state index contributed by atoms with van der Waals surface area (Å²) in [4.78, 5) is 25.2. The van der Waals surface area contributed by atoms with E-state index in [1.165, 1.54) is 18.2 Å². The van der Waals surface area contributed by atoms with Crippen LogP contribution in [0.15, 0.2) is 30.3 Å². The van der Waals surface area contributed by atoms with Crippen molar-refractivity contribution in [2.45, 2.75) is 6.92 Å². The zero-order valence-electron chi connectivity index (χ0n) is 12.4. The van der Waals surface area contributed by atoms with Gasteiger partial charge in [-0.2, -0.15) is 0 Å². The van der Waals surface area contributed by atoms with Gasteiger partial charge < -0.3 is 20.3 Å². The number of anilines is 1. The maximum atomic E-state index is 12.6. The van der Waals surface area contributed by atoms with Gasteiger partial charge in [0.05, 0.1) is 16.8 Å². The van der Waals surface area contributed by atoms with Gasteiger partial charge in [0.15, 0.2) is 17.3 Å². The molecule has 6 heteroatoms. The number of hydrogen-bond donors (Lipinski definition) is 3. The summed E-state index contributed by atoms with van der Waals surface area (Å²) < 4.78 is 5.12. The van der Waals surface area contributed by atoms with Crippen LogP contribution in [-0.2, 0) is 4.74 Å². The molecule has 2 aromatic rings. The SMILES string of the molecule is CCOCNc1cc(O)c2c(c1O)C(=O)c1ccccc1C2=O. The summed E-state index contributed by atoms with van der Waals surface area (Å²) in [5, 5.41) is 23.3. The Labute approximate surface area is 132 Å². The van der Waals surface area contributed by atoms with Crippen LogP contribution in [0.3, 0.4) is 0 Å². The minimum Gasteiger partial charge on any atom is -0.507 e. The van der Waals surface area contributed by atoms with Crippen molar-refractivity contribution >= 4 is 17.3 Å². The lowest BCUT2D eigenvalue weighted by Crippen LogP contribution is -2.21. The Bertz CT molecular complexity index is 813. The number of phenolic OH excluding ortho intramolecular Hbond substituents is 2. The molecule has 0 spiro atoms. The highest BCUT2D eigenvalue weighted by Crippen LogP contribution is 2.42. The molecule has 0 heterocycles. The molecule has 0 saturated carbocycles. The van der Waals surface area contributed by atoms with Gasteiger partial charge in [0.1, 0.15) is 12.5 Å². The Balaban J connectivity index is 2.15. The molecule has 0 radical (unpaired) electrons. The van der Waals surface area contributed by atoms with Gasteiger partial charge >= 0.3 is 0 Å². The molecule has 0 fully saturated rings. The normalized spacial score (nSPS) is 12.7. The van der Waals surface area contributed by atoms with Crippen LogP contribution in [0.25, 0.3) is 0 Å². The number of carbonyl (C=O) groups excluding carboxylic acids is 2. The minimum absolute atomic E-state index is 0.0982. The minimum atomic E-state index is -0.497. The molecule has 3 N–H and O–H groups in total. The Morgan fingerprint density at radius 3 is 2.26 bits per heavy atom. The zero-order valence-corrected chi connectivity index (χ0v) is 12.4. The number of aromatic hydroxyl groups is 2. The largest absolute Gasteiger partial charge is 0.507 e. The van der Waals surface area contributed by atoms with Crippen LogP contribution in [0.5, 0.6) is 11.5 Å². The second-order valence-electron chi connectivity index (χ2n) is 5.06. The van der Waals surface area contributed by atoms with E-state index in [9.17, 15) is 19.8 Å². The Morgan fingerprint density at radius 2 is 1.65 bits per heavy atom. The van der Waals surface area contributed by atoms with E-state index in [-0.39, 0.29) is 46.2 Å². The van der Waals surface area contributed by atoms with Crippen molar-refractivity contribution in [1.29, 1.82) is 0 Å². The van der Waals surface area contributed by atoms with Crippen molar-refractivity contribution in [1.82, 2.24) is 0 Å². The lowest BCUT2D eigenvalue weighted by Gasteiger charge is -2.21. The summed E-state index contributed by atoms with van der Waals surface area (Å²) in [6.45, 7) is 2.38. The van der Waals surface area contributed by atoms with E-state index in [0.29, 0.717) is 6.61 Å². The smallest absolute Gasteiger partial charge is 0.198 e. The number of nitrogens with one attached hydrogen (secondary N) is 1. The van der Waals surface area contributed by atoms with Crippen molar-refractivity contribution in [3.8, 4) is 11.5 Å². The first kappa shape index (κ1) is 15.1. The van der Waals surface area contributed by atoms with Gasteiger partial charge in [-0.25, -0.2) is 0 Å². The molecule has 23 heavy (non-hydrogen) atoms. The maximum Gasteiger partial charge on any atom is 0.198 e. The summed E-state index contributed by atoms with van der Waals surface area (Å²) in [7, 11) is 0. The van der Waals surface area contributed by atoms with Crippen LogP contribution >= 0.6 is 0 Å². The molecular formula is C17H15NO5. The zero-order chi connectivity index (χ0) is 16.6. The molecule has 0 unspecified atom stereocenters. The third kappa shape index (κ3) is 2.33. The summed E-state index contributed by atoms with van der Waals surface area (Å²) in [5.41, 5.74) is 0.201. The third-order valence-electron chi connectivity index (χ3n) is 3.72. The monoisotopic (exact) mass is 313 g/mol. The van der Waals surface area contributed by atoms with E-state index in [1.54, 1.807) is 12.1 Å². The first-order chi connectivity index (χ1) is 11.1. The fourth-order valence-electron chi connectivity index (χ4n) is 2.62. The number of fused-ring (bicyclic) bond motifs is 2. The molecule has 1 aliphatic rings. The van der Waals surface area contributed by atoms with Gasteiger partial charge in [-0.3, -0.25) is 9.59 Å². The van der Waals surface area contributed by atoms with Crippen LogP contribution in [0, 0.1) is 0 Å². The average molecular weight is 313 g/mol. The topological polar surface area (TPSA) is 95.9 Å². The van der Waals surface area contributed by atoms with Crippen LogP contribution in [0.1, 0.15) is 38.8 Å². The van der Waals surface area contributed by atoms with Crippen molar-refractivity contribution < 1.29 is 24.5 Å². The van der Waals surface area contributed by atoms with E-state index in [2.05, 4.69) is 5.32 Å².